The van der Waals surface area contributed by atoms with Crippen LogP contribution in [-0.4, -0.2) is 15.8 Å². The van der Waals surface area contributed by atoms with Gasteiger partial charge in [-0.05, 0) is 12.1 Å². The molecular formula is C12H6Cl2FN3O3. The van der Waals surface area contributed by atoms with Gasteiger partial charge in [0.15, 0.2) is 11.0 Å². The SMILES string of the molecule is O=C(Nc1cccc([N+](=O)[O-])c1)c1cc(F)c(Cl)nc1Cl. The largest absolute Gasteiger partial charge is 0.322 e. The second-order valence-electron chi connectivity index (χ2n) is 3.86. The minimum atomic E-state index is -0.898. The van der Waals surface area contributed by atoms with Gasteiger partial charge in [0.05, 0.1) is 10.5 Å². The maximum atomic E-state index is 13.3. The van der Waals surface area contributed by atoms with Crippen LogP contribution in [0.5, 0.6) is 0 Å². The summed E-state index contributed by atoms with van der Waals surface area (Å²) in [6.45, 7) is 0. The fraction of sp³-hybridized carbons (Fsp3) is 0. The third-order valence-corrected chi connectivity index (χ3v) is 3.00. The van der Waals surface area contributed by atoms with E-state index in [9.17, 15) is 19.3 Å². The molecule has 2 rings (SSSR count). The minimum Gasteiger partial charge on any atom is -0.322 e. The molecule has 0 aliphatic heterocycles. The van der Waals surface area contributed by atoms with Gasteiger partial charge in [-0.15, -0.1) is 0 Å². The highest BCUT2D eigenvalue weighted by atomic mass is 35.5. The molecule has 0 unspecified atom stereocenters. The van der Waals surface area contributed by atoms with Crippen molar-refractivity contribution in [2.24, 2.45) is 0 Å². The third-order valence-electron chi connectivity index (χ3n) is 2.45. The Morgan fingerprint density at radius 2 is 2.00 bits per heavy atom. The molecule has 0 bridgehead atoms. The van der Waals surface area contributed by atoms with Crippen molar-refractivity contribution in [3.8, 4) is 0 Å². The average Bonchev–Trinajstić information content (AvgIpc) is 2.43. The molecule has 21 heavy (non-hydrogen) atoms. The molecule has 108 valence electrons. The van der Waals surface area contributed by atoms with Crippen LogP contribution in [0.3, 0.4) is 0 Å². The van der Waals surface area contributed by atoms with Gasteiger partial charge in [0, 0.05) is 17.8 Å². The predicted molar refractivity (Wildman–Crippen MR) is 75.3 cm³/mol. The first-order valence-corrected chi connectivity index (χ1v) is 6.21. The molecule has 6 nitrogen and oxygen atoms in total. The summed E-state index contributed by atoms with van der Waals surface area (Å²) < 4.78 is 13.3. The van der Waals surface area contributed by atoms with Gasteiger partial charge in [-0.1, -0.05) is 29.3 Å². The standard InChI is InChI=1S/C12H6Cl2FN3O3/c13-10-8(5-9(15)11(14)17-10)12(19)16-6-2-1-3-7(4-6)18(20)21/h1-5H,(H,16,19). The quantitative estimate of drug-likeness (QED) is 0.528. The van der Waals surface area contributed by atoms with Crippen molar-refractivity contribution >= 4 is 40.5 Å². The number of non-ortho nitro benzene ring substituents is 1. The molecule has 0 saturated heterocycles. The lowest BCUT2D eigenvalue weighted by Crippen LogP contribution is -2.13. The Bertz CT molecular complexity index is 740. The molecule has 1 N–H and O–H groups in total. The Kier molecular flexibility index (Phi) is 4.35. The van der Waals surface area contributed by atoms with Crippen molar-refractivity contribution < 1.29 is 14.1 Å². The van der Waals surface area contributed by atoms with E-state index in [0.717, 1.165) is 12.1 Å². The summed E-state index contributed by atoms with van der Waals surface area (Å²) >= 11 is 11.1. The first-order valence-electron chi connectivity index (χ1n) is 5.46. The number of nitro benzene ring substituents is 1. The Hall–Kier alpha value is -2.25. The van der Waals surface area contributed by atoms with Crippen molar-refractivity contribution in [3.63, 3.8) is 0 Å². The molecule has 1 amide bonds. The Morgan fingerprint density at radius 1 is 1.29 bits per heavy atom. The summed E-state index contributed by atoms with van der Waals surface area (Å²) in [6.07, 6.45) is 0. The number of hydrogen-bond acceptors (Lipinski definition) is 4. The predicted octanol–water partition coefficient (Wildman–Crippen LogP) is 3.69. The normalized spacial score (nSPS) is 10.2. The zero-order valence-corrected chi connectivity index (χ0v) is 11.7. The lowest BCUT2D eigenvalue weighted by molar-refractivity contribution is -0.384. The zero-order chi connectivity index (χ0) is 15.6. The van der Waals surface area contributed by atoms with E-state index in [1.54, 1.807) is 0 Å². The molecule has 0 aliphatic carbocycles. The fourth-order valence-electron chi connectivity index (χ4n) is 1.50. The van der Waals surface area contributed by atoms with E-state index in [1.807, 2.05) is 0 Å². The average molecular weight is 330 g/mol. The maximum Gasteiger partial charge on any atom is 0.271 e. The van der Waals surface area contributed by atoms with Gasteiger partial charge in [0.2, 0.25) is 0 Å². The van der Waals surface area contributed by atoms with Crippen LogP contribution in [0.15, 0.2) is 30.3 Å². The number of aromatic nitrogens is 1. The van der Waals surface area contributed by atoms with E-state index < -0.39 is 21.8 Å². The molecule has 1 aromatic heterocycles. The number of carbonyl (C=O) groups is 1. The number of hydrogen-bond donors (Lipinski definition) is 1. The minimum absolute atomic E-state index is 0.167. The van der Waals surface area contributed by atoms with E-state index in [2.05, 4.69) is 10.3 Å². The smallest absolute Gasteiger partial charge is 0.271 e. The molecule has 0 radical (unpaired) electrons. The number of nitro groups is 1. The number of nitrogens with one attached hydrogen (secondary N) is 1. The number of amides is 1. The van der Waals surface area contributed by atoms with Crippen molar-refractivity contribution in [2.75, 3.05) is 5.32 Å². The molecule has 9 heteroatoms. The number of anilines is 1. The highest BCUT2D eigenvalue weighted by Crippen LogP contribution is 2.22. The molecule has 0 saturated carbocycles. The Labute approximate surface area is 127 Å². The summed E-state index contributed by atoms with van der Waals surface area (Å²) in [5, 5.41) is 12.3. The molecule has 2 aromatic rings. The number of halogens is 3. The molecule has 0 aliphatic rings. The summed E-state index contributed by atoms with van der Waals surface area (Å²) in [7, 11) is 0. The molecule has 0 atom stereocenters. The number of benzene rings is 1. The van der Waals surface area contributed by atoms with E-state index in [0.29, 0.717) is 0 Å². The highest BCUT2D eigenvalue weighted by molar-refractivity contribution is 6.35. The van der Waals surface area contributed by atoms with Crippen molar-refractivity contribution in [1.29, 1.82) is 0 Å². The van der Waals surface area contributed by atoms with Gasteiger partial charge in [-0.3, -0.25) is 14.9 Å². The summed E-state index contributed by atoms with van der Waals surface area (Å²) in [5.41, 5.74) is -0.259. The molecule has 0 fully saturated rings. The van der Waals surface area contributed by atoms with Gasteiger partial charge >= 0.3 is 0 Å². The number of rotatable bonds is 3. The van der Waals surface area contributed by atoms with E-state index in [1.165, 1.54) is 18.2 Å². The van der Waals surface area contributed by atoms with E-state index >= 15 is 0 Å². The van der Waals surface area contributed by atoms with Crippen molar-refractivity contribution in [2.45, 2.75) is 0 Å². The first-order chi connectivity index (χ1) is 9.88. The molecule has 1 aromatic carbocycles. The van der Waals surface area contributed by atoms with E-state index in [4.69, 9.17) is 23.2 Å². The van der Waals surface area contributed by atoms with Crippen LogP contribution < -0.4 is 5.32 Å². The van der Waals surface area contributed by atoms with Gasteiger partial charge in [0.25, 0.3) is 11.6 Å². The van der Waals surface area contributed by atoms with Crippen molar-refractivity contribution in [1.82, 2.24) is 4.98 Å². The van der Waals surface area contributed by atoms with Gasteiger partial charge in [-0.2, -0.15) is 0 Å². The second-order valence-corrected chi connectivity index (χ2v) is 4.58. The van der Waals surface area contributed by atoms with Gasteiger partial charge in [-0.25, -0.2) is 9.37 Å². The van der Waals surface area contributed by atoms with Crippen LogP contribution in [0.2, 0.25) is 10.3 Å². The maximum absolute atomic E-state index is 13.3. The summed E-state index contributed by atoms with van der Waals surface area (Å²) in [6, 6.07) is 6.11. The summed E-state index contributed by atoms with van der Waals surface area (Å²) in [5.74, 6) is -1.66. The Balaban J connectivity index is 2.28. The second kappa shape index (κ2) is 6.02. The number of carbonyl (C=O) groups excluding carboxylic acids is 1. The Morgan fingerprint density at radius 3 is 2.67 bits per heavy atom. The topological polar surface area (TPSA) is 85.1 Å². The fourth-order valence-corrected chi connectivity index (χ4v) is 1.91. The van der Waals surface area contributed by atoms with Crippen molar-refractivity contribution in [3.05, 3.63) is 62.1 Å². The summed E-state index contributed by atoms with van der Waals surface area (Å²) in [4.78, 5) is 25.5. The zero-order valence-electron chi connectivity index (χ0n) is 10.1. The van der Waals surface area contributed by atoms with Crippen LogP contribution in [0.25, 0.3) is 0 Å². The highest BCUT2D eigenvalue weighted by Gasteiger charge is 2.16. The monoisotopic (exact) mass is 329 g/mol. The molecule has 1 heterocycles. The van der Waals surface area contributed by atoms with E-state index in [-0.39, 0.29) is 22.1 Å². The van der Waals surface area contributed by atoms with Gasteiger partial charge < -0.3 is 5.32 Å². The van der Waals surface area contributed by atoms with Crippen LogP contribution in [0.4, 0.5) is 15.8 Å². The van der Waals surface area contributed by atoms with Gasteiger partial charge in [0.1, 0.15) is 5.15 Å². The first kappa shape index (κ1) is 15.1. The number of nitrogens with zero attached hydrogens (tertiary/aromatic N) is 2. The molecule has 0 spiro atoms. The van der Waals surface area contributed by atoms with Crippen LogP contribution in [0, 0.1) is 15.9 Å². The lowest BCUT2D eigenvalue weighted by Gasteiger charge is -2.07. The van der Waals surface area contributed by atoms with Crippen LogP contribution >= 0.6 is 23.2 Å². The van der Waals surface area contributed by atoms with Crippen LogP contribution in [0.1, 0.15) is 10.4 Å². The molecular weight excluding hydrogens is 324 g/mol. The number of pyridine rings is 1. The third kappa shape index (κ3) is 3.45. The lowest BCUT2D eigenvalue weighted by atomic mass is 10.2. The van der Waals surface area contributed by atoms with Crippen LogP contribution in [-0.2, 0) is 0 Å².